The number of nitrogens with zero attached hydrogens (tertiary/aromatic N) is 3. The van der Waals surface area contributed by atoms with Crippen LogP contribution in [0.2, 0.25) is 0 Å². The smallest absolute Gasteiger partial charge is 0.227 e. The first-order chi connectivity index (χ1) is 13.6. The summed E-state index contributed by atoms with van der Waals surface area (Å²) in [4.78, 5) is 18.8. The number of aliphatic hydroxyl groups is 1. The lowest BCUT2D eigenvalue weighted by atomic mass is 9.74. The summed E-state index contributed by atoms with van der Waals surface area (Å²) in [6, 6.07) is 6.23. The number of amides is 1. The second kappa shape index (κ2) is 6.63. The second-order valence-electron chi connectivity index (χ2n) is 7.98. The maximum Gasteiger partial charge on any atom is 0.227 e. The van der Waals surface area contributed by atoms with Crippen molar-refractivity contribution in [2.24, 2.45) is 11.8 Å². The Morgan fingerprint density at radius 2 is 2.25 bits per heavy atom. The highest BCUT2D eigenvalue weighted by Gasteiger charge is 2.63. The summed E-state index contributed by atoms with van der Waals surface area (Å²) in [7, 11) is 0. The Bertz CT molecular complexity index is 903. The monoisotopic (exact) mass is 387 g/mol. The Balaban J connectivity index is 1.22. The molecule has 3 saturated heterocycles. The van der Waals surface area contributed by atoms with Gasteiger partial charge in [-0.15, -0.1) is 0 Å². The molecular formula is C20H22FN3O4. The molecule has 1 amide bonds. The van der Waals surface area contributed by atoms with Gasteiger partial charge in [-0.05, 0) is 25.0 Å². The van der Waals surface area contributed by atoms with Crippen molar-refractivity contribution in [3.63, 3.8) is 0 Å². The first-order valence-electron chi connectivity index (χ1n) is 9.73. The van der Waals surface area contributed by atoms with Crippen LogP contribution in [0.25, 0.3) is 11.4 Å². The normalized spacial score (nSPS) is 30.8. The Morgan fingerprint density at radius 3 is 3.07 bits per heavy atom. The minimum atomic E-state index is -0.415. The van der Waals surface area contributed by atoms with Gasteiger partial charge in [0.2, 0.25) is 17.6 Å². The zero-order chi connectivity index (χ0) is 19.3. The molecule has 5 rings (SSSR count). The van der Waals surface area contributed by atoms with E-state index in [-0.39, 0.29) is 53.9 Å². The SMILES string of the molecule is O=C(CCc1nc(-c2ccccc2F)no1)N1C[C@H]2[C@@H](CO)[C@@H]3CC[C@@]2(C1)O3. The lowest BCUT2D eigenvalue weighted by molar-refractivity contribution is -0.131. The highest BCUT2D eigenvalue weighted by atomic mass is 19.1. The number of fused-ring (bicyclic) bond motifs is 1. The first-order valence-corrected chi connectivity index (χ1v) is 9.73. The number of carbonyl (C=O) groups excluding carboxylic acids is 1. The van der Waals surface area contributed by atoms with Crippen molar-refractivity contribution in [2.75, 3.05) is 19.7 Å². The molecule has 1 spiro atoms. The summed E-state index contributed by atoms with van der Waals surface area (Å²) in [5.41, 5.74) is 0.00854. The van der Waals surface area contributed by atoms with E-state index in [9.17, 15) is 14.3 Å². The number of likely N-dealkylation sites (tertiary alicyclic amines) is 1. The van der Waals surface area contributed by atoms with Crippen molar-refractivity contribution in [3.8, 4) is 11.4 Å². The number of hydrogen-bond donors (Lipinski definition) is 1. The highest BCUT2D eigenvalue weighted by Crippen LogP contribution is 2.54. The maximum atomic E-state index is 13.8. The maximum absolute atomic E-state index is 13.8. The van der Waals surface area contributed by atoms with Crippen LogP contribution in [-0.4, -0.2) is 57.5 Å². The average molecular weight is 387 g/mol. The lowest BCUT2D eigenvalue weighted by Gasteiger charge is -2.27. The predicted molar refractivity (Wildman–Crippen MR) is 95.5 cm³/mol. The number of ether oxygens (including phenoxy) is 1. The molecule has 7 nitrogen and oxygen atoms in total. The molecule has 0 saturated carbocycles. The third kappa shape index (κ3) is 2.74. The number of halogens is 1. The van der Waals surface area contributed by atoms with E-state index in [4.69, 9.17) is 9.26 Å². The van der Waals surface area contributed by atoms with Crippen LogP contribution in [0, 0.1) is 17.7 Å². The zero-order valence-corrected chi connectivity index (χ0v) is 15.4. The zero-order valence-electron chi connectivity index (χ0n) is 15.4. The number of benzene rings is 1. The summed E-state index contributed by atoms with van der Waals surface area (Å²) in [5, 5.41) is 13.5. The second-order valence-corrected chi connectivity index (χ2v) is 7.98. The topological polar surface area (TPSA) is 88.7 Å². The summed E-state index contributed by atoms with van der Waals surface area (Å²) < 4.78 is 25.2. The van der Waals surface area contributed by atoms with E-state index in [1.807, 2.05) is 4.90 Å². The van der Waals surface area contributed by atoms with Crippen LogP contribution >= 0.6 is 0 Å². The molecule has 4 atom stereocenters. The van der Waals surface area contributed by atoms with E-state index >= 15 is 0 Å². The first kappa shape index (κ1) is 17.8. The van der Waals surface area contributed by atoms with Crippen LogP contribution < -0.4 is 0 Å². The molecular weight excluding hydrogens is 365 g/mol. The van der Waals surface area contributed by atoms with Crippen LogP contribution in [0.5, 0.6) is 0 Å². The van der Waals surface area contributed by atoms with E-state index in [0.717, 1.165) is 12.8 Å². The summed E-state index contributed by atoms with van der Waals surface area (Å²) in [6.45, 7) is 1.33. The number of rotatable bonds is 5. The van der Waals surface area contributed by atoms with Gasteiger partial charge in [0.05, 0.1) is 23.8 Å². The molecule has 3 aliphatic heterocycles. The average Bonchev–Trinajstić information content (AvgIpc) is 3.45. The van der Waals surface area contributed by atoms with E-state index in [1.54, 1.807) is 18.2 Å². The molecule has 0 aliphatic carbocycles. The fraction of sp³-hybridized carbons (Fsp3) is 0.550. The van der Waals surface area contributed by atoms with Gasteiger partial charge in [-0.25, -0.2) is 4.39 Å². The van der Waals surface area contributed by atoms with Crippen LogP contribution in [0.4, 0.5) is 4.39 Å². The molecule has 2 aromatic rings. The van der Waals surface area contributed by atoms with Gasteiger partial charge in [0.15, 0.2) is 0 Å². The van der Waals surface area contributed by atoms with Crippen molar-refractivity contribution in [3.05, 3.63) is 36.0 Å². The number of aryl methyl sites for hydroxylation is 1. The predicted octanol–water partition coefficient (Wildman–Crippen LogP) is 1.81. The van der Waals surface area contributed by atoms with Gasteiger partial charge in [0.25, 0.3) is 0 Å². The van der Waals surface area contributed by atoms with Crippen molar-refractivity contribution >= 4 is 5.91 Å². The van der Waals surface area contributed by atoms with Gasteiger partial charge in [-0.1, -0.05) is 17.3 Å². The van der Waals surface area contributed by atoms with Gasteiger partial charge in [0.1, 0.15) is 5.82 Å². The molecule has 28 heavy (non-hydrogen) atoms. The molecule has 8 heteroatoms. The van der Waals surface area contributed by atoms with Crippen molar-refractivity contribution in [1.82, 2.24) is 15.0 Å². The number of hydrogen-bond acceptors (Lipinski definition) is 6. The summed E-state index contributed by atoms with van der Waals surface area (Å²) >= 11 is 0. The van der Waals surface area contributed by atoms with Gasteiger partial charge >= 0.3 is 0 Å². The van der Waals surface area contributed by atoms with Crippen LogP contribution in [-0.2, 0) is 16.0 Å². The number of aromatic nitrogens is 2. The van der Waals surface area contributed by atoms with E-state index in [2.05, 4.69) is 10.1 Å². The van der Waals surface area contributed by atoms with Crippen molar-refractivity contribution in [2.45, 2.75) is 37.4 Å². The number of aliphatic hydroxyl groups excluding tert-OH is 1. The molecule has 1 aromatic carbocycles. The minimum absolute atomic E-state index is 0.0122. The summed E-state index contributed by atoms with van der Waals surface area (Å²) in [5.74, 6) is 0.447. The Labute approximate surface area is 161 Å². The molecule has 2 bridgehead atoms. The van der Waals surface area contributed by atoms with E-state index < -0.39 is 5.82 Å². The Morgan fingerprint density at radius 1 is 1.39 bits per heavy atom. The highest BCUT2D eigenvalue weighted by molar-refractivity contribution is 5.77. The third-order valence-electron chi connectivity index (χ3n) is 6.48. The fourth-order valence-electron chi connectivity index (χ4n) is 5.10. The van der Waals surface area contributed by atoms with Crippen LogP contribution in [0.3, 0.4) is 0 Å². The quantitative estimate of drug-likeness (QED) is 0.842. The van der Waals surface area contributed by atoms with Crippen molar-refractivity contribution in [1.29, 1.82) is 0 Å². The molecule has 3 aliphatic rings. The lowest BCUT2D eigenvalue weighted by Crippen LogP contribution is -2.38. The molecule has 4 heterocycles. The van der Waals surface area contributed by atoms with Gasteiger partial charge in [-0.2, -0.15) is 4.98 Å². The van der Waals surface area contributed by atoms with Crippen LogP contribution in [0.15, 0.2) is 28.8 Å². The van der Waals surface area contributed by atoms with Gasteiger partial charge < -0.3 is 19.3 Å². The van der Waals surface area contributed by atoms with Gasteiger partial charge in [0, 0.05) is 37.8 Å². The van der Waals surface area contributed by atoms with E-state index in [0.29, 0.717) is 25.4 Å². The standard InChI is InChI=1S/C20H22FN3O4/c21-15-4-2-1-3-12(15)19-22-17(28-23-19)5-6-18(26)24-9-14-13(10-25)16-7-8-20(14,11-24)27-16/h1-4,13-14,16,25H,5-11H2/t13-,14+,16+,20+/m1/s1. The molecule has 0 unspecified atom stereocenters. The number of carbonyl (C=O) groups is 1. The van der Waals surface area contributed by atoms with Crippen LogP contribution in [0.1, 0.15) is 25.2 Å². The molecule has 148 valence electrons. The fourth-order valence-corrected chi connectivity index (χ4v) is 5.10. The molecule has 1 aromatic heterocycles. The van der Waals surface area contributed by atoms with E-state index in [1.165, 1.54) is 6.07 Å². The Kier molecular flexibility index (Phi) is 4.21. The van der Waals surface area contributed by atoms with Gasteiger partial charge in [-0.3, -0.25) is 4.79 Å². The summed E-state index contributed by atoms with van der Waals surface area (Å²) in [6.07, 6.45) is 2.61. The molecule has 0 radical (unpaired) electrons. The molecule has 3 fully saturated rings. The third-order valence-corrected chi connectivity index (χ3v) is 6.48. The largest absolute Gasteiger partial charge is 0.396 e. The molecule has 1 N–H and O–H groups in total. The Hall–Kier alpha value is -2.32. The van der Waals surface area contributed by atoms with Crippen molar-refractivity contribution < 1.29 is 23.6 Å². The minimum Gasteiger partial charge on any atom is -0.396 e.